The summed E-state index contributed by atoms with van der Waals surface area (Å²) in [6.45, 7) is 3.94. The van der Waals surface area contributed by atoms with Crippen molar-refractivity contribution in [3.8, 4) is 22.9 Å². The van der Waals surface area contributed by atoms with Crippen molar-refractivity contribution in [1.29, 1.82) is 0 Å². The second kappa shape index (κ2) is 11.5. The first-order valence-electron chi connectivity index (χ1n) is 13.8. The van der Waals surface area contributed by atoms with Crippen LogP contribution in [-0.2, 0) is 6.42 Å². The smallest absolute Gasteiger partial charge is 0.253 e. The van der Waals surface area contributed by atoms with E-state index in [1.165, 1.54) is 10.9 Å². The number of likely N-dealkylation sites (N-methyl/N-ethyl adjacent to an activating group) is 1. The van der Waals surface area contributed by atoms with Gasteiger partial charge in [0, 0.05) is 72.4 Å². The van der Waals surface area contributed by atoms with E-state index in [4.69, 9.17) is 19.4 Å². The Morgan fingerprint density at radius 1 is 0.927 bits per heavy atom. The number of carbonyl (C=O) groups is 1. The Hall–Kier alpha value is -4.63. The number of fused-ring (bicyclic) bond motifs is 2. The van der Waals surface area contributed by atoms with Gasteiger partial charge >= 0.3 is 0 Å². The Balaban J connectivity index is 1.29. The monoisotopic (exact) mass is 550 g/mol. The number of amides is 1. The first kappa shape index (κ1) is 26.6. The van der Waals surface area contributed by atoms with Gasteiger partial charge in [0.15, 0.2) is 17.3 Å². The first-order chi connectivity index (χ1) is 20.0. The van der Waals surface area contributed by atoms with E-state index in [1.54, 1.807) is 14.2 Å². The fraction of sp³-hybridized carbons (Fsp3) is 0.281. The van der Waals surface area contributed by atoms with E-state index in [0.717, 1.165) is 54.6 Å². The standard InChI is InChI=1S/C32H34N6O3/c1-37-14-16-38(17-15-37)32(39)22-10-8-21(9-11-22)30-35-27-19-29(41-3)28(40-2)18-25(27)31(36-30)33-13-12-23-20-34-26-7-5-4-6-24(23)26/h4-11,18-20,34H,12-17H2,1-3H3,(H,33,35,36). The fourth-order valence-corrected chi connectivity index (χ4v) is 5.33. The lowest BCUT2D eigenvalue weighted by Crippen LogP contribution is -2.47. The van der Waals surface area contributed by atoms with Crippen LogP contribution in [0.5, 0.6) is 11.5 Å². The van der Waals surface area contributed by atoms with E-state index < -0.39 is 0 Å². The van der Waals surface area contributed by atoms with Crippen LogP contribution in [-0.4, -0.2) is 84.6 Å². The van der Waals surface area contributed by atoms with E-state index in [1.807, 2.05) is 47.4 Å². The molecule has 9 nitrogen and oxygen atoms in total. The Morgan fingerprint density at radius 2 is 1.66 bits per heavy atom. The molecule has 6 rings (SSSR count). The number of para-hydroxylation sites is 1. The number of H-pyrrole nitrogens is 1. The summed E-state index contributed by atoms with van der Waals surface area (Å²) in [6, 6.07) is 19.6. The highest BCUT2D eigenvalue weighted by Gasteiger charge is 2.21. The number of aromatic nitrogens is 3. The summed E-state index contributed by atoms with van der Waals surface area (Å²) in [5.41, 5.74) is 4.61. The minimum atomic E-state index is 0.0561. The molecule has 1 amide bonds. The number of rotatable bonds is 8. The number of anilines is 1. The number of nitrogens with zero attached hydrogens (tertiary/aromatic N) is 4. The summed E-state index contributed by atoms with van der Waals surface area (Å²) >= 11 is 0. The molecule has 0 atom stereocenters. The van der Waals surface area contributed by atoms with Crippen molar-refractivity contribution in [3.05, 3.63) is 78.0 Å². The molecule has 41 heavy (non-hydrogen) atoms. The average molecular weight is 551 g/mol. The number of aromatic amines is 1. The molecule has 2 aromatic heterocycles. The van der Waals surface area contributed by atoms with Crippen LogP contribution in [0.1, 0.15) is 15.9 Å². The number of nitrogens with one attached hydrogen (secondary N) is 2. The third-order valence-corrected chi connectivity index (χ3v) is 7.74. The molecule has 0 saturated carbocycles. The second-order valence-corrected chi connectivity index (χ2v) is 10.3. The quantitative estimate of drug-likeness (QED) is 0.286. The van der Waals surface area contributed by atoms with Crippen molar-refractivity contribution >= 4 is 33.5 Å². The molecule has 0 bridgehead atoms. The first-order valence-corrected chi connectivity index (χ1v) is 13.8. The zero-order chi connectivity index (χ0) is 28.3. The van der Waals surface area contributed by atoms with Crippen molar-refractivity contribution in [1.82, 2.24) is 24.8 Å². The minimum Gasteiger partial charge on any atom is -0.493 e. The molecule has 0 radical (unpaired) electrons. The summed E-state index contributed by atoms with van der Waals surface area (Å²) in [7, 11) is 5.31. The van der Waals surface area contributed by atoms with Gasteiger partial charge in [-0.25, -0.2) is 9.97 Å². The summed E-state index contributed by atoms with van der Waals surface area (Å²) in [5.74, 6) is 2.55. The molecule has 0 aliphatic carbocycles. The number of ether oxygens (including phenoxy) is 2. The summed E-state index contributed by atoms with van der Waals surface area (Å²) in [4.78, 5) is 30.3. The van der Waals surface area contributed by atoms with Crippen LogP contribution >= 0.6 is 0 Å². The predicted molar refractivity (Wildman–Crippen MR) is 162 cm³/mol. The van der Waals surface area contributed by atoms with Crippen molar-refractivity contribution in [2.75, 3.05) is 59.3 Å². The summed E-state index contributed by atoms with van der Waals surface area (Å²) in [6.07, 6.45) is 2.88. The molecule has 9 heteroatoms. The highest BCUT2D eigenvalue weighted by molar-refractivity contribution is 5.95. The van der Waals surface area contributed by atoms with Crippen molar-refractivity contribution in [2.45, 2.75) is 6.42 Å². The van der Waals surface area contributed by atoms with Crippen LogP contribution in [0.25, 0.3) is 33.2 Å². The highest BCUT2D eigenvalue weighted by atomic mass is 16.5. The zero-order valence-electron chi connectivity index (χ0n) is 23.6. The van der Waals surface area contributed by atoms with Crippen LogP contribution in [0.4, 0.5) is 5.82 Å². The molecular weight excluding hydrogens is 516 g/mol. The fourth-order valence-electron chi connectivity index (χ4n) is 5.33. The molecule has 1 aliphatic rings. The van der Waals surface area contributed by atoms with Crippen molar-refractivity contribution < 1.29 is 14.3 Å². The minimum absolute atomic E-state index is 0.0561. The van der Waals surface area contributed by atoms with E-state index in [0.29, 0.717) is 35.2 Å². The van der Waals surface area contributed by atoms with E-state index in [-0.39, 0.29) is 5.91 Å². The van der Waals surface area contributed by atoms with Gasteiger partial charge in [-0.05, 0) is 43.3 Å². The second-order valence-electron chi connectivity index (χ2n) is 10.3. The maximum atomic E-state index is 13.0. The molecule has 1 saturated heterocycles. The molecule has 5 aromatic rings. The van der Waals surface area contributed by atoms with Gasteiger partial charge in [-0.15, -0.1) is 0 Å². The summed E-state index contributed by atoms with van der Waals surface area (Å²) in [5, 5.41) is 5.60. The molecular formula is C32H34N6O3. The maximum Gasteiger partial charge on any atom is 0.253 e. The Morgan fingerprint density at radius 3 is 2.41 bits per heavy atom. The SMILES string of the molecule is COc1cc2nc(-c3ccc(C(=O)N4CCN(C)CC4)cc3)nc(NCCc3c[nH]c4ccccc34)c2cc1OC. The Bertz CT molecular complexity index is 1690. The van der Waals surface area contributed by atoms with Crippen molar-refractivity contribution in [2.24, 2.45) is 0 Å². The number of carbonyl (C=O) groups excluding carboxylic acids is 1. The summed E-state index contributed by atoms with van der Waals surface area (Å²) < 4.78 is 11.1. The third kappa shape index (κ3) is 5.40. The zero-order valence-corrected chi connectivity index (χ0v) is 23.6. The molecule has 1 aliphatic heterocycles. The van der Waals surface area contributed by atoms with E-state index in [9.17, 15) is 4.79 Å². The normalized spacial score (nSPS) is 14.0. The van der Waals surface area contributed by atoms with Gasteiger partial charge in [0.1, 0.15) is 5.82 Å². The molecule has 3 aromatic carbocycles. The number of benzene rings is 3. The number of hydrogen-bond donors (Lipinski definition) is 2. The Kier molecular flexibility index (Phi) is 7.43. The van der Waals surface area contributed by atoms with E-state index in [2.05, 4.69) is 46.6 Å². The van der Waals surface area contributed by atoms with Crippen LogP contribution in [0.3, 0.4) is 0 Å². The van der Waals surface area contributed by atoms with Gasteiger partial charge in [-0.1, -0.05) is 30.3 Å². The molecule has 0 unspecified atom stereocenters. The van der Waals surface area contributed by atoms with Gasteiger partial charge < -0.3 is 29.6 Å². The number of hydrogen-bond acceptors (Lipinski definition) is 7. The van der Waals surface area contributed by atoms with Gasteiger partial charge in [-0.3, -0.25) is 4.79 Å². The Labute approximate surface area is 239 Å². The van der Waals surface area contributed by atoms with Gasteiger partial charge in [-0.2, -0.15) is 0 Å². The van der Waals surface area contributed by atoms with Crippen LogP contribution in [0.2, 0.25) is 0 Å². The average Bonchev–Trinajstić information content (AvgIpc) is 3.43. The molecule has 3 heterocycles. The number of piperazine rings is 1. The van der Waals surface area contributed by atoms with Gasteiger partial charge in [0.25, 0.3) is 5.91 Å². The maximum absolute atomic E-state index is 13.0. The van der Waals surface area contributed by atoms with Crippen LogP contribution < -0.4 is 14.8 Å². The van der Waals surface area contributed by atoms with E-state index >= 15 is 0 Å². The molecule has 1 fully saturated rings. The largest absolute Gasteiger partial charge is 0.493 e. The predicted octanol–water partition coefficient (Wildman–Crippen LogP) is 4.84. The molecule has 2 N–H and O–H groups in total. The lowest BCUT2D eigenvalue weighted by atomic mass is 10.1. The lowest BCUT2D eigenvalue weighted by molar-refractivity contribution is 0.0664. The molecule has 0 spiro atoms. The van der Waals surface area contributed by atoms with Crippen molar-refractivity contribution in [3.63, 3.8) is 0 Å². The number of methoxy groups -OCH3 is 2. The van der Waals surface area contributed by atoms with Gasteiger partial charge in [0.05, 0.1) is 19.7 Å². The van der Waals surface area contributed by atoms with Gasteiger partial charge in [0.2, 0.25) is 0 Å². The van der Waals surface area contributed by atoms with Crippen LogP contribution in [0.15, 0.2) is 66.9 Å². The highest BCUT2D eigenvalue weighted by Crippen LogP contribution is 2.35. The molecule has 210 valence electrons. The topological polar surface area (TPSA) is 95.6 Å². The third-order valence-electron chi connectivity index (χ3n) is 7.74. The van der Waals surface area contributed by atoms with Crippen LogP contribution in [0, 0.1) is 0 Å². The lowest BCUT2D eigenvalue weighted by Gasteiger charge is -2.32.